The standard InChI is InChI=1S/C18H25FN2O/c1-3-21(4-2)13-7-12-20-14-15-10-11-18(22-15)16-8-5-6-9-17(16)19/h5-6,8-11,20H,3-4,7,12-14H2,1-2H3. The van der Waals surface area contributed by atoms with Crippen LogP contribution in [0.2, 0.25) is 0 Å². The normalized spacial score (nSPS) is 11.3. The van der Waals surface area contributed by atoms with Gasteiger partial charge in [0.05, 0.1) is 12.1 Å². The summed E-state index contributed by atoms with van der Waals surface area (Å²) in [5, 5.41) is 3.37. The highest BCUT2D eigenvalue weighted by atomic mass is 19.1. The van der Waals surface area contributed by atoms with Crippen molar-refractivity contribution in [1.29, 1.82) is 0 Å². The molecule has 22 heavy (non-hydrogen) atoms. The van der Waals surface area contributed by atoms with Crippen LogP contribution in [0.15, 0.2) is 40.8 Å². The first kappa shape index (κ1) is 16.7. The SMILES string of the molecule is CCN(CC)CCCNCc1ccc(-c2ccccc2F)o1. The zero-order chi connectivity index (χ0) is 15.8. The minimum Gasteiger partial charge on any atom is -0.460 e. The summed E-state index contributed by atoms with van der Waals surface area (Å²) in [4.78, 5) is 2.41. The largest absolute Gasteiger partial charge is 0.460 e. The van der Waals surface area contributed by atoms with Crippen molar-refractivity contribution in [3.63, 3.8) is 0 Å². The van der Waals surface area contributed by atoms with E-state index in [2.05, 4.69) is 24.1 Å². The third-order valence-corrected chi connectivity index (χ3v) is 3.82. The second kappa shape index (κ2) is 8.71. The lowest BCUT2D eigenvalue weighted by molar-refractivity contribution is 0.297. The Balaban J connectivity index is 1.77. The van der Waals surface area contributed by atoms with E-state index < -0.39 is 0 Å². The van der Waals surface area contributed by atoms with E-state index in [1.54, 1.807) is 12.1 Å². The number of rotatable bonds is 9. The van der Waals surface area contributed by atoms with Crippen molar-refractivity contribution in [1.82, 2.24) is 10.2 Å². The molecule has 0 aliphatic rings. The van der Waals surface area contributed by atoms with Crippen LogP contribution in [0.25, 0.3) is 11.3 Å². The average Bonchev–Trinajstić information content (AvgIpc) is 3.00. The Morgan fingerprint density at radius 1 is 1.09 bits per heavy atom. The number of halogens is 1. The predicted molar refractivity (Wildman–Crippen MR) is 88.2 cm³/mol. The molecule has 0 saturated heterocycles. The molecule has 1 N–H and O–H groups in total. The van der Waals surface area contributed by atoms with Crippen molar-refractivity contribution >= 4 is 0 Å². The second-order valence-corrected chi connectivity index (χ2v) is 5.30. The molecule has 1 aromatic carbocycles. The Bertz CT molecular complexity index is 564. The summed E-state index contributed by atoms with van der Waals surface area (Å²) in [5.41, 5.74) is 0.510. The van der Waals surface area contributed by atoms with E-state index >= 15 is 0 Å². The van der Waals surface area contributed by atoms with Gasteiger partial charge in [0, 0.05) is 0 Å². The van der Waals surface area contributed by atoms with Crippen LogP contribution in [-0.4, -0.2) is 31.1 Å². The molecular formula is C18H25FN2O. The number of hydrogen-bond acceptors (Lipinski definition) is 3. The zero-order valence-electron chi connectivity index (χ0n) is 13.4. The van der Waals surface area contributed by atoms with Gasteiger partial charge in [-0.05, 0) is 56.9 Å². The van der Waals surface area contributed by atoms with Crippen LogP contribution < -0.4 is 5.32 Å². The van der Waals surface area contributed by atoms with Gasteiger partial charge in [0.1, 0.15) is 17.3 Å². The van der Waals surface area contributed by atoms with E-state index in [4.69, 9.17) is 4.42 Å². The van der Waals surface area contributed by atoms with Crippen molar-refractivity contribution < 1.29 is 8.81 Å². The molecule has 0 radical (unpaired) electrons. The maximum Gasteiger partial charge on any atom is 0.137 e. The van der Waals surface area contributed by atoms with Crippen molar-refractivity contribution in [2.24, 2.45) is 0 Å². The van der Waals surface area contributed by atoms with Gasteiger partial charge >= 0.3 is 0 Å². The smallest absolute Gasteiger partial charge is 0.137 e. The Morgan fingerprint density at radius 2 is 1.86 bits per heavy atom. The molecule has 0 fully saturated rings. The van der Waals surface area contributed by atoms with Crippen LogP contribution in [0.1, 0.15) is 26.0 Å². The molecule has 0 spiro atoms. The maximum absolute atomic E-state index is 13.7. The van der Waals surface area contributed by atoms with Gasteiger partial charge in [-0.25, -0.2) is 4.39 Å². The molecule has 3 nitrogen and oxygen atoms in total. The summed E-state index contributed by atoms with van der Waals surface area (Å²) in [5.74, 6) is 1.16. The molecule has 1 heterocycles. The van der Waals surface area contributed by atoms with Crippen molar-refractivity contribution in [2.45, 2.75) is 26.8 Å². The van der Waals surface area contributed by atoms with Gasteiger partial charge in [-0.3, -0.25) is 0 Å². The summed E-state index contributed by atoms with van der Waals surface area (Å²) >= 11 is 0. The van der Waals surface area contributed by atoms with Gasteiger partial charge in [0.25, 0.3) is 0 Å². The zero-order valence-corrected chi connectivity index (χ0v) is 13.4. The van der Waals surface area contributed by atoms with Gasteiger partial charge in [-0.1, -0.05) is 26.0 Å². The van der Waals surface area contributed by atoms with Crippen LogP contribution in [0.4, 0.5) is 4.39 Å². The molecular weight excluding hydrogens is 279 g/mol. The highest BCUT2D eigenvalue weighted by molar-refractivity contribution is 5.58. The van der Waals surface area contributed by atoms with Crippen LogP contribution in [0.5, 0.6) is 0 Å². The van der Waals surface area contributed by atoms with Crippen LogP contribution in [-0.2, 0) is 6.54 Å². The summed E-state index contributed by atoms with van der Waals surface area (Å²) in [6, 6.07) is 10.4. The molecule has 2 aromatic rings. The molecule has 2 rings (SSSR count). The first-order valence-electron chi connectivity index (χ1n) is 8.01. The van der Waals surface area contributed by atoms with E-state index in [1.165, 1.54) is 6.07 Å². The number of hydrogen-bond donors (Lipinski definition) is 1. The highest BCUT2D eigenvalue weighted by Gasteiger charge is 2.08. The molecule has 0 saturated carbocycles. The van der Waals surface area contributed by atoms with E-state index in [1.807, 2.05) is 18.2 Å². The first-order chi connectivity index (χ1) is 10.7. The summed E-state index contributed by atoms with van der Waals surface area (Å²) in [6.07, 6.45) is 1.11. The monoisotopic (exact) mass is 304 g/mol. The quantitative estimate of drug-likeness (QED) is 0.712. The van der Waals surface area contributed by atoms with E-state index in [0.717, 1.165) is 38.4 Å². The minimum absolute atomic E-state index is 0.254. The fourth-order valence-electron chi connectivity index (χ4n) is 2.46. The van der Waals surface area contributed by atoms with Crippen LogP contribution >= 0.6 is 0 Å². The van der Waals surface area contributed by atoms with Gasteiger partial charge < -0.3 is 14.6 Å². The summed E-state index contributed by atoms with van der Waals surface area (Å²) < 4.78 is 19.4. The molecule has 1 aromatic heterocycles. The van der Waals surface area contributed by atoms with Gasteiger partial charge in [-0.2, -0.15) is 0 Å². The second-order valence-electron chi connectivity index (χ2n) is 5.30. The molecule has 0 aliphatic heterocycles. The molecule has 0 bridgehead atoms. The number of benzene rings is 1. The number of furan rings is 1. The molecule has 0 amide bonds. The Kier molecular flexibility index (Phi) is 6.62. The van der Waals surface area contributed by atoms with E-state index in [0.29, 0.717) is 17.9 Å². The Hall–Kier alpha value is -1.65. The van der Waals surface area contributed by atoms with Gasteiger partial charge in [-0.15, -0.1) is 0 Å². The van der Waals surface area contributed by atoms with E-state index in [9.17, 15) is 4.39 Å². The molecule has 4 heteroatoms. The van der Waals surface area contributed by atoms with Crippen molar-refractivity contribution in [3.8, 4) is 11.3 Å². The van der Waals surface area contributed by atoms with Gasteiger partial charge in [0.2, 0.25) is 0 Å². The summed E-state index contributed by atoms with van der Waals surface area (Å²) in [7, 11) is 0. The van der Waals surface area contributed by atoms with Crippen molar-refractivity contribution in [2.75, 3.05) is 26.2 Å². The lowest BCUT2D eigenvalue weighted by atomic mass is 10.1. The Labute approximate surface area is 132 Å². The van der Waals surface area contributed by atoms with Gasteiger partial charge in [0.15, 0.2) is 0 Å². The first-order valence-corrected chi connectivity index (χ1v) is 8.01. The fraction of sp³-hybridized carbons (Fsp3) is 0.444. The summed E-state index contributed by atoms with van der Waals surface area (Å²) in [6.45, 7) is 9.30. The minimum atomic E-state index is -0.254. The van der Waals surface area contributed by atoms with Crippen LogP contribution in [0.3, 0.4) is 0 Å². The number of nitrogens with zero attached hydrogens (tertiary/aromatic N) is 1. The molecule has 0 unspecified atom stereocenters. The lowest BCUT2D eigenvalue weighted by Crippen LogP contribution is -2.27. The third kappa shape index (κ3) is 4.68. The highest BCUT2D eigenvalue weighted by Crippen LogP contribution is 2.24. The van der Waals surface area contributed by atoms with E-state index in [-0.39, 0.29) is 5.82 Å². The van der Waals surface area contributed by atoms with Crippen molar-refractivity contribution in [3.05, 3.63) is 48.0 Å². The van der Waals surface area contributed by atoms with Crippen LogP contribution in [0, 0.1) is 5.82 Å². The topological polar surface area (TPSA) is 28.4 Å². The third-order valence-electron chi connectivity index (χ3n) is 3.82. The fourth-order valence-corrected chi connectivity index (χ4v) is 2.46. The predicted octanol–water partition coefficient (Wildman–Crippen LogP) is 3.91. The lowest BCUT2D eigenvalue weighted by Gasteiger charge is -2.17. The molecule has 0 atom stereocenters. The average molecular weight is 304 g/mol. The number of nitrogens with one attached hydrogen (secondary N) is 1. The molecule has 120 valence electrons. The maximum atomic E-state index is 13.7. The molecule has 0 aliphatic carbocycles. The Morgan fingerprint density at radius 3 is 2.59 bits per heavy atom.